The second kappa shape index (κ2) is 9.03. The fourth-order valence-electron chi connectivity index (χ4n) is 3.81. The van der Waals surface area contributed by atoms with Crippen LogP contribution in [0.4, 0.5) is 5.69 Å². The van der Waals surface area contributed by atoms with Crippen molar-refractivity contribution in [2.45, 2.75) is 45.9 Å². The van der Waals surface area contributed by atoms with Crippen LogP contribution in [-0.4, -0.2) is 30.7 Å². The number of para-hydroxylation sites is 1. The van der Waals surface area contributed by atoms with Gasteiger partial charge in [-0.15, -0.1) is 0 Å². The van der Waals surface area contributed by atoms with Gasteiger partial charge in [0.25, 0.3) is 0 Å². The van der Waals surface area contributed by atoms with Crippen LogP contribution in [0.1, 0.15) is 34.5 Å². The van der Waals surface area contributed by atoms with Crippen LogP contribution >= 0.6 is 0 Å². The number of aryl methyl sites for hydroxylation is 4. The summed E-state index contributed by atoms with van der Waals surface area (Å²) in [6.07, 6.45) is 0.0125. The van der Waals surface area contributed by atoms with Crippen molar-refractivity contribution in [2.24, 2.45) is 0 Å². The molecule has 0 unspecified atom stereocenters. The van der Waals surface area contributed by atoms with Crippen LogP contribution in [-0.2, 0) is 14.8 Å². The summed E-state index contributed by atoms with van der Waals surface area (Å²) in [7, 11) is -3.70. The molecule has 3 aromatic rings. The second-order valence-electron chi connectivity index (χ2n) is 7.72. The monoisotopic (exact) mass is 440 g/mol. The fraction of sp³-hybridized carbons (Fsp3) is 0.304. The van der Waals surface area contributed by atoms with Crippen molar-refractivity contribution in [1.29, 1.82) is 0 Å². The van der Waals surface area contributed by atoms with Crippen molar-refractivity contribution < 1.29 is 13.2 Å². The van der Waals surface area contributed by atoms with Crippen LogP contribution in [0, 0.1) is 34.6 Å². The molecule has 0 atom stereocenters. The van der Waals surface area contributed by atoms with E-state index in [0.717, 1.165) is 16.9 Å². The van der Waals surface area contributed by atoms with Gasteiger partial charge >= 0.3 is 0 Å². The Bertz CT molecular complexity index is 1190. The summed E-state index contributed by atoms with van der Waals surface area (Å²) in [5.74, 6) is -0.279. The molecule has 3 rings (SSSR count). The second-order valence-corrected chi connectivity index (χ2v) is 9.42. The van der Waals surface area contributed by atoms with Crippen LogP contribution in [0.25, 0.3) is 5.69 Å². The molecular formula is C23H28N4O3S. The highest BCUT2D eigenvalue weighted by atomic mass is 32.2. The van der Waals surface area contributed by atoms with Gasteiger partial charge in [0.1, 0.15) is 0 Å². The van der Waals surface area contributed by atoms with Gasteiger partial charge in [-0.25, -0.2) is 17.8 Å². The number of benzene rings is 2. The lowest BCUT2D eigenvalue weighted by molar-refractivity contribution is -0.116. The van der Waals surface area contributed by atoms with E-state index in [0.29, 0.717) is 22.5 Å². The van der Waals surface area contributed by atoms with Crippen molar-refractivity contribution in [3.05, 3.63) is 70.5 Å². The highest BCUT2D eigenvalue weighted by Crippen LogP contribution is 2.23. The average molecular weight is 441 g/mol. The van der Waals surface area contributed by atoms with E-state index < -0.39 is 10.0 Å². The van der Waals surface area contributed by atoms with Crippen molar-refractivity contribution in [2.75, 3.05) is 11.9 Å². The third-order valence-corrected chi connectivity index (χ3v) is 6.84. The van der Waals surface area contributed by atoms with Gasteiger partial charge in [0, 0.05) is 13.0 Å². The Kier molecular flexibility index (Phi) is 6.62. The topological polar surface area (TPSA) is 93.1 Å². The minimum absolute atomic E-state index is 0.00579. The summed E-state index contributed by atoms with van der Waals surface area (Å²) in [6.45, 7) is 9.19. The van der Waals surface area contributed by atoms with Crippen molar-refractivity contribution in [3.8, 4) is 5.69 Å². The molecule has 164 valence electrons. The lowest BCUT2D eigenvalue weighted by atomic mass is 10.1. The van der Waals surface area contributed by atoms with E-state index in [4.69, 9.17) is 0 Å². The van der Waals surface area contributed by atoms with Crippen LogP contribution in [0.15, 0.2) is 47.4 Å². The normalized spacial score (nSPS) is 11.5. The molecule has 0 aliphatic rings. The minimum atomic E-state index is -3.70. The molecule has 1 heterocycles. The van der Waals surface area contributed by atoms with E-state index in [9.17, 15) is 13.2 Å². The van der Waals surface area contributed by atoms with Gasteiger partial charge < -0.3 is 5.32 Å². The Hall–Kier alpha value is -2.97. The Morgan fingerprint density at radius 1 is 1.00 bits per heavy atom. The highest BCUT2D eigenvalue weighted by molar-refractivity contribution is 7.89. The zero-order chi connectivity index (χ0) is 22.8. The number of nitrogens with zero attached hydrogens (tertiary/aromatic N) is 2. The Morgan fingerprint density at radius 2 is 1.61 bits per heavy atom. The quantitative estimate of drug-likeness (QED) is 0.586. The molecule has 0 spiro atoms. The molecule has 0 aliphatic heterocycles. The molecule has 0 radical (unpaired) electrons. The number of anilines is 1. The number of hydrogen-bond donors (Lipinski definition) is 2. The number of carbonyl (C=O) groups is 1. The van der Waals surface area contributed by atoms with E-state index in [-0.39, 0.29) is 23.8 Å². The summed E-state index contributed by atoms with van der Waals surface area (Å²) in [5, 5.41) is 7.38. The molecule has 1 aromatic heterocycles. The molecule has 0 saturated heterocycles. The minimum Gasteiger partial charge on any atom is -0.323 e. The predicted molar refractivity (Wildman–Crippen MR) is 122 cm³/mol. The van der Waals surface area contributed by atoms with Crippen LogP contribution in [0.3, 0.4) is 0 Å². The number of aromatic nitrogens is 2. The Morgan fingerprint density at radius 3 is 2.23 bits per heavy atom. The van der Waals surface area contributed by atoms with E-state index in [1.807, 2.05) is 63.2 Å². The first-order valence-electron chi connectivity index (χ1n) is 10.1. The predicted octanol–water partition coefficient (Wildman–Crippen LogP) is 3.72. The number of amides is 1. The van der Waals surface area contributed by atoms with E-state index >= 15 is 0 Å². The van der Waals surface area contributed by atoms with Crippen molar-refractivity contribution >= 4 is 21.6 Å². The zero-order valence-corrected chi connectivity index (χ0v) is 19.3. The fourth-order valence-corrected chi connectivity index (χ4v) is 5.29. The summed E-state index contributed by atoms with van der Waals surface area (Å²) >= 11 is 0. The van der Waals surface area contributed by atoms with E-state index in [1.54, 1.807) is 18.5 Å². The standard InChI is InChI=1S/C23H28N4O3S/c1-15-13-16(2)23(17(3)14-15)31(29,30)24-12-11-21(28)25-22-18(4)26-27(19(22)5)20-9-7-6-8-10-20/h6-10,13-14,24H,11-12H2,1-5H3,(H,25,28). The van der Waals surface area contributed by atoms with Crippen LogP contribution < -0.4 is 10.0 Å². The highest BCUT2D eigenvalue weighted by Gasteiger charge is 2.20. The summed E-state index contributed by atoms with van der Waals surface area (Å²) < 4.78 is 29.8. The Labute approximate surface area is 183 Å². The number of nitrogens with one attached hydrogen (secondary N) is 2. The molecule has 0 aliphatic carbocycles. The van der Waals surface area contributed by atoms with Gasteiger partial charge in [-0.05, 0) is 57.9 Å². The SMILES string of the molecule is Cc1cc(C)c(S(=O)(=O)NCCC(=O)Nc2c(C)nn(-c3ccccc3)c2C)c(C)c1. The third-order valence-electron chi connectivity index (χ3n) is 5.07. The van der Waals surface area contributed by atoms with Gasteiger partial charge in [0.15, 0.2) is 0 Å². The summed E-state index contributed by atoms with van der Waals surface area (Å²) in [6, 6.07) is 13.3. The lowest BCUT2D eigenvalue weighted by Gasteiger charge is -2.13. The van der Waals surface area contributed by atoms with Gasteiger partial charge in [-0.2, -0.15) is 5.10 Å². The molecule has 0 bridgehead atoms. The zero-order valence-electron chi connectivity index (χ0n) is 18.5. The first-order chi connectivity index (χ1) is 14.6. The molecular weight excluding hydrogens is 412 g/mol. The van der Waals surface area contributed by atoms with Gasteiger partial charge in [-0.1, -0.05) is 35.9 Å². The number of sulfonamides is 1. The molecule has 0 fully saturated rings. The Balaban J connectivity index is 1.66. The lowest BCUT2D eigenvalue weighted by Crippen LogP contribution is -2.29. The van der Waals surface area contributed by atoms with Crippen molar-refractivity contribution in [3.63, 3.8) is 0 Å². The average Bonchev–Trinajstić information content (AvgIpc) is 2.95. The van der Waals surface area contributed by atoms with Gasteiger partial charge in [0.2, 0.25) is 15.9 Å². The van der Waals surface area contributed by atoms with Gasteiger partial charge in [-0.3, -0.25) is 4.79 Å². The molecule has 7 nitrogen and oxygen atoms in total. The van der Waals surface area contributed by atoms with Gasteiger partial charge in [0.05, 0.1) is 27.7 Å². The molecule has 31 heavy (non-hydrogen) atoms. The molecule has 8 heteroatoms. The molecule has 2 N–H and O–H groups in total. The maximum atomic E-state index is 12.7. The first-order valence-corrected chi connectivity index (χ1v) is 11.6. The number of hydrogen-bond acceptors (Lipinski definition) is 4. The van der Waals surface area contributed by atoms with Crippen molar-refractivity contribution in [1.82, 2.24) is 14.5 Å². The molecule has 1 amide bonds. The molecule has 0 saturated carbocycles. The van der Waals surface area contributed by atoms with E-state index in [2.05, 4.69) is 15.1 Å². The largest absolute Gasteiger partial charge is 0.323 e. The van der Waals surface area contributed by atoms with Crippen LogP contribution in [0.2, 0.25) is 0 Å². The summed E-state index contributed by atoms with van der Waals surface area (Å²) in [4.78, 5) is 12.8. The maximum Gasteiger partial charge on any atom is 0.241 e. The number of carbonyl (C=O) groups excluding carboxylic acids is 1. The molecule has 2 aromatic carbocycles. The van der Waals surface area contributed by atoms with E-state index in [1.165, 1.54) is 0 Å². The first kappa shape index (κ1) is 22.7. The number of rotatable bonds is 7. The van der Waals surface area contributed by atoms with Crippen LogP contribution in [0.5, 0.6) is 0 Å². The third kappa shape index (κ3) is 5.03. The smallest absolute Gasteiger partial charge is 0.241 e. The maximum absolute atomic E-state index is 12.7. The summed E-state index contributed by atoms with van der Waals surface area (Å²) in [5.41, 5.74) is 5.44.